The quantitative estimate of drug-likeness (QED) is 0.707. The zero-order valence-electron chi connectivity index (χ0n) is 9.41. The number of aromatic hydroxyl groups is 1. The van der Waals surface area contributed by atoms with Gasteiger partial charge in [-0.2, -0.15) is 0 Å². The highest BCUT2D eigenvalue weighted by molar-refractivity contribution is 7.91. The van der Waals surface area contributed by atoms with E-state index in [0.717, 1.165) is 0 Å². The molecule has 2 atom stereocenters. The highest BCUT2D eigenvalue weighted by Gasteiger charge is 2.49. The summed E-state index contributed by atoms with van der Waals surface area (Å²) in [6.45, 7) is 0. The summed E-state index contributed by atoms with van der Waals surface area (Å²) in [6.07, 6.45) is 0. The van der Waals surface area contributed by atoms with Gasteiger partial charge in [0, 0.05) is 11.8 Å². The van der Waals surface area contributed by atoms with Crippen LogP contribution in [0.4, 0.5) is 10.5 Å². The van der Waals surface area contributed by atoms with Crippen molar-refractivity contribution in [3.8, 4) is 5.75 Å². The smallest absolute Gasteiger partial charge is 0.322 e. The largest absolute Gasteiger partial charge is 0.508 e. The Hall–Kier alpha value is -1.76. The summed E-state index contributed by atoms with van der Waals surface area (Å²) in [5.41, 5.74) is 0.511. The van der Waals surface area contributed by atoms with Crippen molar-refractivity contribution in [2.75, 3.05) is 16.4 Å². The Kier molecular flexibility index (Phi) is 2.28. The lowest BCUT2D eigenvalue weighted by Crippen LogP contribution is -2.36. The highest BCUT2D eigenvalue weighted by atomic mass is 32.2. The number of anilines is 1. The van der Waals surface area contributed by atoms with E-state index in [4.69, 9.17) is 0 Å². The third-order valence-corrected chi connectivity index (χ3v) is 5.01. The van der Waals surface area contributed by atoms with Gasteiger partial charge in [-0.3, -0.25) is 4.90 Å². The Morgan fingerprint density at radius 2 is 2.11 bits per heavy atom. The first kappa shape index (κ1) is 11.3. The minimum Gasteiger partial charge on any atom is -0.508 e. The van der Waals surface area contributed by atoms with Crippen molar-refractivity contribution in [1.82, 2.24) is 5.32 Å². The minimum atomic E-state index is -3.10. The normalized spacial score (nSPS) is 29.1. The summed E-state index contributed by atoms with van der Waals surface area (Å²) in [5.74, 6) is -0.00488. The van der Waals surface area contributed by atoms with Crippen LogP contribution in [0.15, 0.2) is 24.3 Å². The predicted molar refractivity (Wildman–Crippen MR) is 65.3 cm³/mol. The number of nitrogens with one attached hydrogen (secondary N) is 1. The van der Waals surface area contributed by atoms with E-state index in [2.05, 4.69) is 5.32 Å². The Morgan fingerprint density at radius 3 is 2.83 bits per heavy atom. The second-order valence-electron chi connectivity index (χ2n) is 4.59. The van der Waals surface area contributed by atoms with Crippen LogP contribution in [0.3, 0.4) is 0 Å². The number of phenols is 1. The van der Waals surface area contributed by atoms with Crippen LogP contribution in [0, 0.1) is 0 Å². The van der Waals surface area contributed by atoms with Crippen LogP contribution in [-0.2, 0) is 9.84 Å². The Balaban J connectivity index is 1.99. The van der Waals surface area contributed by atoms with Crippen molar-refractivity contribution < 1.29 is 18.3 Å². The van der Waals surface area contributed by atoms with Gasteiger partial charge in [-0.05, 0) is 12.1 Å². The van der Waals surface area contributed by atoms with Crippen molar-refractivity contribution in [3.05, 3.63) is 24.3 Å². The highest BCUT2D eigenvalue weighted by Crippen LogP contribution is 2.30. The van der Waals surface area contributed by atoms with E-state index in [0.29, 0.717) is 5.69 Å². The molecule has 6 nitrogen and oxygen atoms in total. The maximum Gasteiger partial charge on any atom is 0.322 e. The molecule has 7 heteroatoms. The summed E-state index contributed by atoms with van der Waals surface area (Å²) >= 11 is 0. The number of carbonyl (C=O) groups is 1. The molecule has 0 aromatic heterocycles. The number of urea groups is 1. The monoisotopic (exact) mass is 268 g/mol. The van der Waals surface area contributed by atoms with Gasteiger partial charge in [0.1, 0.15) is 5.75 Å². The molecule has 2 unspecified atom stereocenters. The molecule has 18 heavy (non-hydrogen) atoms. The van der Waals surface area contributed by atoms with Gasteiger partial charge in [0.25, 0.3) is 0 Å². The molecule has 2 saturated heterocycles. The van der Waals surface area contributed by atoms with Gasteiger partial charge in [0.15, 0.2) is 9.84 Å². The van der Waals surface area contributed by atoms with E-state index in [1.807, 2.05) is 0 Å². The van der Waals surface area contributed by atoms with Crippen molar-refractivity contribution in [3.63, 3.8) is 0 Å². The van der Waals surface area contributed by atoms with Crippen LogP contribution >= 0.6 is 0 Å². The van der Waals surface area contributed by atoms with Gasteiger partial charge in [-0.1, -0.05) is 6.07 Å². The molecule has 2 heterocycles. The minimum absolute atomic E-state index is 0.0152. The van der Waals surface area contributed by atoms with Gasteiger partial charge < -0.3 is 10.4 Å². The molecule has 1 aromatic carbocycles. The third-order valence-electron chi connectivity index (χ3n) is 3.29. The lowest BCUT2D eigenvalue weighted by Gasteiger charge is -2.21. The summed E-state index contributed by atoms with van der Waals surface area (Å²) < 4.78 is 23.1. The summed E-state index contributed by atoms with van der Waals surface area (Å²) in [7, 11) is -3.10. The molecule has 2 aliphatic heterocycles. The van der Waals surface area contributed by atoms with Crippen molar-refractivity contribution in [2.24, 2.45) is 0 Å². The van der Waals surface area contributed by atoms with Gasteiger partial charge in [-0.25, -0.2) is 13.2 Å². The summed E-state index contributed by atoms with van der Waals surface area (Å²) in [5, 5.41) is 12.1. The number of phenolic OH excluding ortho intramolecular Hbond substituents is 1. The van der Waals surface area contributed by atoms with Gasteiger partial charge in [-0.15, -0.1) is 0 Å². The molecule has 0 saturated carbocycles. The lowest BCUT2D eigenvalue weighted by atomic mass is 10.1. The first-order chi connectivity index (χ1) is 8.46. The second-order valence-corrected chi connectivity index (χ2v) is 6.74. The van der Waals surface area contributed by atoms with Crippen LogP contribution in [0.1, 0.15) is 0 Å². The molecular weight excluding hydrogens is 256 g/mol. The van der Waals surface area contributed by atoms with Gasteiger partial charge in [0.2, 0.25) is 0 Å². The lowest BCUT2D eigenvalue weighted by molar-refractivity contribution is 0.251. The fourth-order valence-electron chi connectivity index (χ4n) is 2.55. The Bertz CT molecular complexity index is 613. The van der Waals surface area contributed by atoms with Crippen molar-refractivity contribution in [1.29, 1.82) is 0 Å². The van der Waals surface area contributed by atoms with Gasteiger partial charge in [0.05, 0.1) is 23.6 Å². The van der Waals surface area contributed by atoms with Gasteiger partial charge >= 0.3 is 6.03 Å². The number of sulfone groups is 1. The van der Waals surface area contributed by atoms with Crippen LogP contribution in [0.25, 0.3) is 0 Å². The maximum absolute atomic E-state index is 11.8. The first-order valence-electron chi connectivity index (χ1n) is 5.55. The van der Waals surface area contributed by atoms with E-state index < -0.39 is 9.84 Å². The number of carbonyl (C=O) groups excluding carboxylic acids is 1. The molecule has 0 spiro atoms. The number of nitrogens with zero attached hydrogens (tertiary/aromatic N) is 1. The molecule has 1 aromatic rings. The first-order valence-corrected chi connectivity index (χ1v) is 7.38. The fourth-order valence-corrected chi connectivity index (χ4v) is 4.44. The number of rotatable bonds is 1. The molecule has 0 bridgehead atoms. The number of fused-ring (bicyclic) bond motifs is 1. The summed E-state index contributed by atoms with van der Waals surface area (Å²) in [6, 6.07) is 5.19. The number of benzene rings is 1. The zero-order valence-corrected chi connectivity index (χ0v) is 10.2. The average Bonchev–Trinajstić information content (AvgIpc) is 2.68. The van der Waals surface area contributed by atoms with Crippen molar-refractivity contribution >= 4 is 21.6 Å². The van der Waals surface area contributed by atoms with Crippen molar-refractivity contribution in [2.45, 2.75) is 12.1 Å². The zero-order chi connectivity index (χ0) is 12.9. The van der Waals surface area contributed by atoms with Crippen LogP contribution in [-0.4, -0.2) is 43.1 Å². The average molecular weight is 268 g/mol. The fraction of sp³-hybridized carbons (Fsp3) is 0.364. The molecule has 0 radical (unpaired) electrons. The predicted octanol–water partition coefficient (Wildman–Crippen LogP) is 0.0874. The van der Waals surface area contributed by atoms with E-state index in [1.165, 1.54) is 17.0 Å². The molecule has 2 aliphatic rings. The molecule has 2 amide bonds. The van der Waals surface area contributed by atoms with E-state index in [9.17, 15) is 18.3 Å². The van der Waals surface area contributed by atoms with E-state index >= 15 is 0 Å². The Morgan fingerprint density at radius 1 is 1.33 bits per heavy atom. The van der Waals surface area contributed by atoms with E-state index in [1.54, 1.807) is 12.1 Å². The molecule has 2 N–H and O–H groups in total. The maximum atomic E-state index is 11.8. The Labute approximate surface area is 104 Å². The second kappa shape index (κ2) is 3.61. The topological polar surface area (TPSA) is 86.7 Å². The molecule has 0 aliphatic carbocycles. The molecule has 3 rings (SSSR count). The molecule has 2 fully saturated rings. The summed E-state index contributed by atoms with van der Waals surface area (Å²) in [4.78, 5) is 13.3. The standard InChI is InChI=1S/C11H12N2O4S/c14-8-3-1-2-7(4-8)13-10-6-18(16,17)5-9(10)12-11(13)15/h1-4,9-10,14H,5-6H2,(H,12,15). The number of hydrogen-bond donors (Lipinski definition) is 2. The number of amides is 2. The van der Waals surface area contributed by atoms with E-state index in [-0.39, 0.29) is 35.4 Å². The number of hydrogen-bond acceptors (Lipinski definition) is 4. The van der Waals surface area contributed by atoms with Crippen LogP contribution < -0.4 is 10.2 Å². The van der Waals surface area contributed by atoms with Crippen LogP contribution in [0.2, 0.25) is 0 Å². The molecular formula is C11H12N2O4S. The third kappa shape index (κ3) is 1.71. The SMILES string of the molecule is O=C1NC2CS(=O)(=O)CC2N1c1cccc(O)c1. The van der Waals surface area contributed by atoms with Crippen LogP contribution in [0.5, 0.6) is 5.75 Å². The molecule has 96 valence electrons.